The highest BCUT2D eigenvalue weighted by atomic mass is 32.2. The van der Waals surface area contributed by atoms with E-state index in [0.717, 1.165) is 10.8 Å². The lowest BCUT2D eigenvalue weighted by molar-refractivity contribution is 0.912. The van der Waals surface area contributed by atoms with Gasteiger partial charge in [0.2, 0.25) is 0 Å². The van der Waals surface area contributed by atoms with Crippen LogP contribution in [0.3, 0.4) is 0 Å². The molecule has 0 aliphatic heterocycles. The summed E-state index contributed by atoms with van der Waals surface area (Å²) in [5, 5.41) is 1.08. The summed E-state index contributed by atoms with van der Waals surface area (Å²) in [5.41, 5.74) is 2.65. The second-order valence-corrected chi connectivity index (χ2v) is 4.65. The molecular formula is C12H14N2S. The molecule has 0 N–H and O–H groups in total. The van der Waals surface area contributed by atoms with Gasteiger partial charge >= 0.3 is 0 Å². The number of benzene rings is 1. The third kappa shape index (κ3) is 2.86. The fourth-order valence-corrected chi connectivity index (χ4v) is 2.17. The van der Waals surface area contributed by atoms with E-state index in [1.54, 1.807) is 11.8 Å². The highest BCUT2D eigenvalue weighted by Gasteiger charge is 1.98. The largest absolute Gasteiger partial charge is 0.339 e. The third-order valence-electron chi connectivity index (χ3n) is 2.19. The van der Waals surface area contributed by atoms with Crippen molar-refractivity contribution in [3.05, 3.63) is 47.9 Å². The van der Waals surface area contributed by atoms with Crippen LogP contribution in [0, 0.1) is 6.92 Å². The van der Waals surface area contributed by atoms with Gasteiger partial charge in [-0.2, -0.15) is 0 Å². The summed E-state index contributed by atoms with van der Waals surface area (Å²) in [5.74, 6) is 0.983. The first-order valence-electron chi connectivity index (χ1n) is 4.90. The second-order valence-electron chi connectivity index (χ2n) is 3.65. The summed E-state index contributed by atoms with van der Waals surface area (Å²) in [7, 11) is 1.99. The molecule has 3 heteroatoms. The Morgan fingerprint density at radius 1 is 1.27 bits per heavy atom. The van der Waals surface area contributed by atoms with E-state index >= 15 is 0 Å². The van der Waals surface area contributed by atoms with Crippen molar-refractivity contribution in [3.63, 3.8) is 0 Å². The molecule has 0 amide bonds. The molecule has 2 nitrogen and oxygen atoms in total. The Kier molecular flexibility index (Phi) is 3.11. The molecule has 0 saturated heterocycles. The first-order chi connectivity index (χ1) is 7.24. The predicted octanol–water partition coefficient (Wildman–Crippen LogP) is 3.02. The first-order valence-corrected chi connectivity index (χ1v) is 5.89. The van der Waals surface area contributed by atoms with E-state index < -0.39 is 0 Å². The van der Waals surface area contributed by atoms with Crippen molar-refractivity contribution < 1.29 is 0 Å². The van der Waals surface area contributed by atoms with Crippen LogP contribution in [0.2, 0.25) is 0 Å². The molecule has 2 rings (SSSR count). The van der Waals surface area contributed by atoms with Crippen LogP contribution in [0.1, 0.15) is 11.1 Å². The topological polar surface area (TPSA) is 17.8 Å². The summed E-state index contributed by atoms with van der Waals surface area (Å²) in [6, 6.07) is 8.64. The average molecular weight is 218 g/mol. The molecule has 0 radical (unpaired) electrons. The third-order valence-corrected chi connectivity index (χ3v) is 3.17. The Balaban J connectivity index is 1.96. The quantitative estimate of drug-likeness (QED) is 0.737. The number of rotatable bonds is 3. The van der Waals surface area contributed by atoms with Crippen molar-refractivity contribution in [2.45, 2.75) is 17.7 Å². The normalized spacial score (nSPS) is 10.5. The van der Waals surface area contributed by atoms with Gasteiger partial charge < -0.3 is 4.57 Å². The zero-order valence-electron chi connectivity index (χ0n) is 8.97. The molecular weight excluding hydrogens is 204 g/mol. The maximum absolute atomic E-state index is 4.27. The Bertz CT molecular complexity index is 431. The number of aromatic nitrogens is 2. The monoisotopic (exact) mass is 218 g/mol. The van der Waals surface area contributed by atoms with E-state index in [9.17, 15) is 0 Å². The zero-order chi connectivity index (χ0) is 10.7. The molecule has 0 spiro atoms. The Morgan fingerprint density at radius 3 is 2.60 bits per heavy atom. The predicted molar refractivity (Wildman–Crippen MR) is 63.9 cm³/mol. The highest BCUT2D eigenvalue weighted by molar-refractivity contribution is 7.98. The van der Waals surface area contributed by atoms with E-state index in [1.807, 2.05) is 24.1 Å². The maximum Gasteiger partial charge on any atom is 0.114 e. The van der Waals surface area contributed by atoms with Gasteiger partial charge in [-0.15, -0.1) is 11.8 Å². The lowest BCUT2D eigenvalue weighted by Gasteiger charge is -1.99. The SMILES string of the molecule is Cc1ccc(CSc2cn(C)cn2)cc1. The maximum atomic E-state index is 4.27. The molecule has 0 atom stereocenters. The van der Waals surface area contributed by atoms with Gasteiger partial charge in [0.15, 0.2) is 0 Å². The number of imidazole rings is 1. The van der Waals surface area contributed by atoms with Crippen molar-refractivity contribution in [1.29, 1.82) is 0 Å². The van der Waals surface area contributed by atoms with Crippen LogP contribution in [0.4, 0.5) is 0 Å². The first kappa shape index (κ1) is 10.3. The van der Waals surface area contributed by atoms with Crippen LogP contribution in [-0.2, 0) is 12.8 Å². The van der Waals surface area contributed by atoms with Crippen LogP contribution >= 0.6 is 11.8 Å². The molecule has 0 unspecified atom stereocenters. The van der Waals surface area contributed by atoms with Crippen LogP contribution in [0.15, 0.2) is 41.8 Å². The molecule has 1 aromatic heterocycles. The standard InChI is InChI=1S/C12H14N2S/c1-10-3-5-11(6-4-10)8-15-12-7-14(2)9-13-12/h3-7,9H,8H2,1-2H3. The lowest BCUT2D eigenvalue weighted by atomic mass is 10.2. The van der Waals surface area contributed by atoms with Crippen molar-refractivity contribution in [1.82, 2.24) is 9.55 Å². The summed E-state index contributed by atoms with van der Waals surface area (Å²) in [4.78, 5) is 4.27. The molecule has 0 bridgehead atoms. The zero-order valence-corrected chi connectivity index (χ0v) is 9.79. The van der Waals surface area contributed by atoms with Crippen LogP contribution in [0.25, 0.3) is 0 Å². The molecule has 0 fully saturated rings. The minimum atomic E-state index is 0.983. The number of hydrogen-bond donors (Lipinski definition) is 0. The van der Waals surface area contributed by atoms with Crippen molar-refractivity contribution in [3.8, 4) is 0 Å². The fraction of sp³-hybridized carbons (Fsp3) is 0.250. The van der Waals surface area contributed by atoms with E-state index in [0.29, 0.717) is 0 Å². The van der Waals surface area contributed by atoms with E-state index in [2.05, 4.69) is 36.2 Å². The second kappa shape index (κ2) is 4.53. The van der Waals surface area contributed by atoms with Crippen molar-refractivity contribution in [2.24, 2.45) is 7.05 Å². The summed E-state index contributed by atoms with van der Waals surface area (Å²) in [6.07, 6.45) is 3.87. The Labute approximate surface area is 94.3 Å². The Hall–Kier alpha value is -1.22. The molecule has 1 heterocycles. The Morgan fingerprint density at radius 2 is 2.00 bits per heavy atom. The number of nitrogens with zero attached hydrogens (tertiary/aromatic N) is 2. The van der Waals surface area contributed by atoms with Gasteiger partial charge in [0.05, 0.1) is 6.33 Å². The minimum Gasteiger partial charge on any atom is -0.339 e. The molecule has 2 aromatic rings. The number of aryl methyl sites for hydroxylation is 2. The van der Waals surface area contributed by atoms with Crippen molar-refractivity contribution in [2.75, 3.05) is 0 Å². The number of thioether (sulfide) groups is 1. The van der Waals surface area contributed by atoms with Crippen LogP contribution < -0.4 is 0 Å². The van der Waals surface area contributed by atoms with E-state index in [-0.39, 0.29) is 0 Å². The lowest BCUT2D eigenvalue weighted by Crippen LogP contribution is -1.81. The number of hydrogen-bond acceptors (Lipinski definition) is 2. The molecule has 1 aromatic carbocycles. The molecule has 0 saturated carbocycles. The van der Waals surface area contributed by atoms with Gasteiger partial charge in [0, 0.05) is 19.0 Å². The van der Waals surface area contributed by atoms with Gasteiger partial charge in [-0.1, -0.05) is 29.8 Å². The van der Waals surface area contributed by atoms with Crippen LogP contribution in [0.5, 0.6) is 0 Å². The average Bonchev–Trinajstić information content (AvgIpc) is 2.64. The smallest absolute Gasteiger partial charge is 0.114 e. The molecule has 0 aliphatic carbocycles. The van der Waals surface area contributed by atoms with Gasteiger partial charge in [0.1, 0.15) is 5.03 Å². The molecule has 15 heavy (non-hydrogen) atoms. The van der Waals surface area contributed by atoms with Gasteiger partial charge in [-0.05, 0) is 12.5 Å². The minimum absolute atomic E-state index is 0.983. The van der Waals surface area contributed by atoms with Gasteiger partial charge in [-0.25, -0.2) is 4.98 Å². The summed E-state index contributed by atoms with van der Waals surface area (Å²) < 4.78 is 1.97. The summed E-state index contributed by atoms with van der Waals surface area (Å²) in [6.45, 7) is 2.11. The molecule has 0 aliphatic rings. The van der Waals surface area contributed by atoms with Gasteiger partial charge in [0.25, 0.3) is 0 Å². The van der Waals surface area contributed by atoms with Crippen molar-refractivity contribution >= 4 is 11.8 Å². The summed E-state index contributed by atoms with van der Waals surface area (Å²) >= 11 is 1.77. The van der Waals surface area contributed by atoms with E-state index in [4.69, 9.17) is 0 Å². The highest BCUT2D eigenvalue weighted by Crippen LogP contribution is 2.20. The molecule has 78 valence electrons. The van der Waals surface area contributed by atoms with Gasteiger partial charge in [-0.3, -0.25) is 0 Å². The fourth-order valence-electron chi connectivity index (χ4n) is 1.30. The van der Waals surface area contributed by atoms with E-state index in [1.165, 1.54) is 11.1 Å². The van der Waals surface area contributed by atoms with Crippen LogP contribution in [-0.4, -0.2) is 9.55 Å².